The summed E-state index contributed by atoms with van der Waals surface area (Å²) in [6.07, 6.45) is -7.97. The van der Waals surface area contributed by atoms with Gasteiger partial charge in [0.2, 0.25) is 0 Å². The molecule has 5 N–H and O–H groups in total. The number of carboxylic acids is 1. The molecule has 0 amide bonds. The molecule has 0 aliphatic carbocycles. The summed E-state index contributed by atoms with van der Waals surface area (Å²) >= 11 is 0. The van der Waals surface area contributed by atoms with Crippen molar-refractivity contribution >= 4 is 5.97 Å². The second kappa shape index (κ2) is 6.55. The lowest BCUT2D eigenvalue weighted by Crippen LogP contribution is -2.57. The number of carboxylic acid groups (broad SMARTS) is 1. The molecule has 0 saturated carbocycles. The largest absolute Gasteiger partial charge is 0.481 e. The first-order chi connectivity index (χ1) is 10.4. The minimum Gasteiger partial charge on any atom is -0.481 e. The lowest BCUT2D eigenvalue weighted by atomic mass is 9.98. The zero-order chi connectivity index (χ0) is 16.4. The van der Waals surface area contributed by atoms with Gasteiger partial charge in [-0.1, -0.05) is 6.07 Å². The summed E-state index contributed by atoms with van der Waals surface area (Å²) in [5, 5.41) is 47.6. The Morgan fingerprint density at radius 3 is 2.45 bits per heavy atom. The fourth-order valence-corrected chi connectivity index (χ4v) is 2.43. The predicted molar refractivity (Wildman–Crippen MR) is 71.1 cm³/mol. The molecule has 122 valence electrons. The highest BCUT2D eigenvalue weighted by Gasteiger charge is 2.44. The highest BCUT2D eigenvalue weighted by atomic mass is 16.6. The molecule has 2 rings (SSSR count). The van der Waals surface area contributed by atoms with Crippen molar-refractivity contribution in [2.24, 2.45) is 0 Å². The third-order valence-corrected chi connectivity index (χ3v) is 3.53. The van der Waals surface area contributed by atoms with Gasteiger partial charge in [-0.2, -0.15) is 0 Å². The molecule has 1 aromatic heterocycles. The summed E-state index contributed by atoms with van der Waals surface area (Å²) in [4.78, 5) is 22.9. The molecule has 0 spiro atoms. The van der Waals surface area contributed by atoms with Crippen LogP contribution < -0.4 is 5.56 Å². The number of aromatic nitrogens is 1. The highest BCUT2D eigenvalue weighted by Crippen LogP contribution is 2.28. The SMILES string of the molecule is O=C(O)Cc1cccc(=O)n1C1O[C@H](CO)[C@@H](O)[C@H](O)[C@H]1O. The van der Waals surface area contributed by atoms with Gasteiger partial charge in [0.25, 0.3) is 5.56 Å². The molecule has 5 atom stereocenters. The summed E-state index contributed by atoms with van der Waals surface area (Å²) in [6, 6.07) is 3.88. The molecule has 1 aromatic rings. The summed E-state index contributed by atoms with van der Waals surface area (Å²) in [7, 11) is 0. The van der Waals surface area contributed by atoms with Gasteiger partial charge in [-0.15, -0.1) is 0 Å². The first-order valence-corrected chi connectivity index (χ1v) is 6.59. The maximum Gasteiger partial charge on any atom is 0.309 e. The summed E-state index contributed by atoms with van der Waals surface area (Å²) in [5.74, 6) is -1.19. The lowest BCUT2D eigenvalue weighted by Gasteiger charge is -2.41. The molecule has 1 aliphatic heterocycles. The number of aliphatic carboxylic acids is 1. The average Bonchev–Trinajstić information content (AvgIpc) is 2.46. The topological polar surface area (TPSA) is 149 Å². The summed E-state index contributed by atoms with van der Waals surface area (Å²) in [5.41, 5.74) is -0.576. The van der Waals surface area contributed by atoms with Crippen molar-refractivity contribution in [3.05, 3.63) is 34.2 Å². The Balaban J connectivity index is 2.45. The fourth-order valence-electron chi connectivity index (χ4n) is 2.43. The molecule has 9 nitrogen and oxygen atoms in total. The molecule has 1 unspecified atom stereocenters. The zero-order valence-electron chi connectivity index (χ0n) is 11.4. The van der Waals surface area contributed by atoms with Crippen LogP contribution in [0.5, 0.6) is 0 Å². The zero-order valence-corrected chi connectivity index (χ0v) is 11.4. The quantitative estimate of drug-likeness (QED) is 0.407. The van der Waals surface area contributed by atoms with Gasteiger partial charge in [0.05, 0.1) is 13.0 Å². The van der Waals surface area contributed by atoms with Crippen LogP contribution in [0, 0.1) is 0 Å². The van der Waals surface area contributed by atoms with E-state index in [1.54, 1.807) is 0 Å². The number of ether oxygens (including phenoxy) is 1. The second-order valence-corrected chi connectivity index (χ2v) is 5.02. The Hall–Kier alpha value is -1.78. The standard InChI is InChI=1S/C13H17NO8/c15-5-7-10(19)11(20)12(21)13(22-7)14-6(4-9(17)18)2-1-3-8(14)16/h1-3,7,10-13,15,19-21H,4-5H2,(H,17,18)/t7-,10-,11+,12-,13?/m1/s1. The van der Waals surface area contributed by atoms with E-state index < -0.39 is 55.2 Å². The van der Waals surface area contributed by atoms with Crippen LogP contribution in [-0.2, 0) is 16.0 Å². The number of carbonyl (C=O) groups is 1. The monoisotopic (exact) mass is 315 g/mol. The molecule has 0 bridgehead atoms. The third kappa shape index (κ3) is 3.03. The smallest absolute Gasteiger partial charge is 0.309 e. The maximum atomic E-state index is 12.0. The lowest BCUT2D eigenvalue weighted by molar-refractivity contribution is -0.252. The second-order valence-electron chi connectivity index (χ2n) is 5.02. The third-order valence-electron chi connectivity index (χ3n) is 3.53. The number of hydrogen-bond acceptors (Lipinski definition) is 7. The van der Waals surface area contributed by atoms with Crippen LogP contribution in [-0.4, -0.2) is 67.1 Å². The van der Waals surface area contributed by atoms with Crippen LogP contribution in [0.1, 0.15) is 11.9 Å². The molecule has 0 radical (unpaired) electrons. The van der Waals surface area contributed by atoms with Crippen LogP contribution in [0.15, 0.2) is 23.0 Å². The minimum atomic E-state index is -1.66. The Labute approximate surface area is 124 Å². The van der Waals surface area contributed by atoms with E-state index in [1.165, 1.54) is 12.1 Å². The molecule has 0 aromatic carbocycles. The molecule has 2 heterocycles. The minimum absolute atomic E-state index is 0.0596. The van der Waals surface area contributed by atoms with Crippen molar-refractivity contribution in [2.75, 3.05) is 6.61 Å². The number of hydrogen-bond donors (Lipinski definition) is 5. The number of aliphatic hydroxyl groups excluding tert-OH is 4. The Kier molecular flexibility index (Phi) is 4.94. The Bertz CT molecular complexity index is 598. The number of rotatable bonds is 4. The van der Waals surface area contributed by atoms with Gasteiger partial charge in [-0.3, -0.25) is 14.2 Å². The van der Waals surface area contributed by atoms with Crippen molar-refractivity contribution in [3.8, 4) is 0 Å². The van der Waals surface area contributed by atoms with E-state index >= 15 is 0 Å². The van der Waals surface area contributed by atoms with Crippen molar-refractivity contribution in [3.63, 3.8) is 0 Å². The van der Waals surface area contributed by atoms with Crippen LogP contribution in [0.4, 0.5) is 0 Å². The van der Waals surface area contributed by atoms with Gasteiger partial charge >= 0.3 is 5.97 Å². The van der Waals surface area contributed by atoms with Crippen LogP contribution in [0.2, 0.25) is 0 Å². The first kappa shape index (κ1) is 16.6. The van der Waals surface area contributed by atoms with Gasteiger partial charge in [-0.05, 0) is 6.07 Å². The highest BCUT2D eigenvalue weighted by molar-refractivity contribution is 5.69. The molecular formula is C13H17NO8. The maximum absolute atomic E-state index is 12.0. The van der Waals surface area contributed by atoms with E-state index in [9.17, 15) is 24.9 Å². The normalized spacial score (nSPS) is 31.9. The Morgan fingerprint density at radius 1 is 1.18 bits per heavy atom. The molecular weight excluding hydrogens is 298 g/mol. The van der Waals surface area contributed by atoms with Crippen LogP contribution in [0.25, 0.3) is 0 Å². The van der Waals surface area contributed by atoms with E-state index in [2.05, 4.69) is 0 Å². The van der Waals surface area contributed by atoms with Crippen LogP contribution >= 0.6 is 0 Å². The van der Waals surface area contributed by atoms with E-state index in [-0.39, 0.29) is 5.69 Å². The van der Waals surface area contributed by atoms with E-state index in [0.29, 0.717) is 0 Å². The van der Waals surface area contributed by atoms with E-state index in [1.807, 2.05) is 0 Å². The molecule has 1 saturated heterocycles. The van der Waals surface area contributed by atoms with E-state index in [4.69, 9.17) is 14.9 Å². The van der Waals surface area contributed by atoms with Crippen molar-refractivity contribution in [1.29, 1.82) is 0 Å². The van der Waals surface area contributed by atoms with Gasteiger partial charge in [0, 0.05) is 11.8 Å². The van der Waals surface area contributed by atoms with E-state index in [0.717, 1.165) is 10.6 Å². The Morgan fingerprint density at radius 2 is 1.86 bits per heavy atom. The number of pyridine rings is 1. The molecule has 1 aliphatic rings. The van der Waals surface area contributed by atoms with Crippen molar-refractivity contribution < 1.29 is 35.1 Å². The van der Waals surface area contributed by atoms with Crippen molar-refractivity contribution in [1.82, 2.24) is 4.57 Å². The molecule has 22 heavy (non-hydrogen) atoms. The van der Waals surface area contributed by atoms with Gasteiger partial charge in [-0.25, -0.2) is 0 Å². The van der Waals surface area contributed by atoms with Crippen molar-refractivity contribution in [2.45, 2.75) is 37.1 Å². The number of nitrogens with zero attached hydrogens (tertiary/aromatic N) is 1. The first-order valence-electron chi connectivity index (χ1n) is 6.59. The van der Waals surface area contributed by atoms with Gasteiger partial charge < -0.3 is 30.3 Å². The molecule has 9 heteroatoms. The molecule has 1 fully saturated rings. The summed E-state index contributed by atoms with van der Waals surface area (Å²) < 4.78 is 6.18. The van der Waals surface area contributed by atoms with Gasteiger partial charge in [0.1, 0.15) is 24.4 Å². The van der Waals surface area contributed by atoms with Crippen LogP contribution in [0.3, 0.4) is 0 Å². The summed E-state index contributed by atoms with van der Waals surface area (Å²) in [6.45, 7) is -0.642. The number of aliphatic hydroxyl groups is 4. The fraction of sp³-hybridized carbons (Fsp3) is 0.538. The van der Waals surface area contributed by atoms with Gasteiger partial charge in [0.15, 0.2) is 6.23 Å². The average molecular weight is 315 g/mol. The predicted octanol–water partition coefficient (Wildman–Crippen LogP) is -2.55.